The van der Waals surface area contributed by atoms with Crippen molar-refractivity contribution in [2.24, 2.45) is 0 Å². The molecule has 0 atom stereocenters. The summed E-state index contributed by atoms with van der Waals surface area (Å²) in [5.74, 6) is -0.324. The van der Waals surface area contributed by atoms with Crippen LogP contribution in [0.4, 0.5) is 5.69 Å². The van der Waals surface area contributed by atoms with Crippen LogP contribution < -0.4 is 15.5 Å². The van der Waals surface area contributed by atoms with Crippen LogP contribution in [-0.2, 0) is 9.59 Å². The number of carbonyl (C=O) groups excluding carboxylic acids is 2. The first-order valence-corrected chi connectivity index (χ1v) is 7.59. The number of amides is 2. The zero-order valence-corrected chi connectivity index (χ0v) is 12.9. The van der Waals surface area contributed by atoms with E-state index in [1.54, 1.807) is 18.2 Å². The minimum absolute atomic E-state index is 0.0158. The summed E-state index contributed by atoms with van der Waals surface area (Å²) in [6.45, 7) is 4.36. The third kappa shape index (κ3) is 4.72. The lowest BCUT2D eigenvalue weighted by Crippen LogP contribution is -3.11. The number of halogens is 1. The number of benzene rings is 1. The topological polar surface area (TPSA) is 62.6 Å². The van der Waals surface area contributed by atoms with Crippen molar-refractivity contribution in [3.8, 4) is 0 Å². The zero-order chi connectivity index (χ0) is 15.2. The maximum atomic E-state index is 11.8. The van der Waals surface area contributed by atoms with E-state index in [-0.39, 0.29) is 18.4 Å². The lowest BCUT2D eigenvalue weighted by Gasteiger charge is -2.12. The molecule has 1 aromatic rings. The van der Waals surface area contributed by atoms with Gasteiger partial charge in [-0.25, -0.2) is 0 Å². The quantitative estimate of drug-likeness (QED) is 0.736. The molecule has 5 nitrogen and oxygen atoms in total. The standard InChI is InChI=1S/C15H20ClN3O2/c1-11-12(16)5-4-6-13(11)18-14(20)9-17-15(21)10-19-7-2-3-8-19/h4-6H,2-3,7-10H2,1H3,(H,17,21)(H,18,20)/p+1. The van der Waals surface area contributed by atoms with Crippen LogP contribution in [0.3, 0.4) is 0 Å². The smallest absolute Gasteiger partial charge is 0.275 e. The van der Waals surface area contributed by atoms with Crippen molar-refractivity contribution in [1.82, 2.24) is 5.32 Å². The van der Waals surface area contributed by atoms with Crippen molar-refractivity contribution >= 4 is 29.1 Å². The summed E-state index contributed by atoms with van der Waals surface area (Å²) in [7, 11) is 0. The van der Waals surface area contributed by atoms with Crippen molar-refractivity contribution in [2.45, 2.75) is 19.8 Å². The van der Waals surface area contributed by atoms with Gasteiger partial charge in [0.25, 0.3) is 5.91 Å². The van der Waals surface area contributed by atoms with Gasteiger partial charge in [-0.15, -0.1) is 0 Å². The predicted octanol–water partition coefficient (Wildman–Crippen LogP) is 0.382. The van der Waals surface area contributed by atoms with Gasteiger partial charge in [-0.1, -0.05) is 17.7 Å². The summed E-state index contributed by atoms with van der Waals surface area (Å²) < 4.78 is 0. The minimum Gasteiger partial charge on any atom is -0.342 e. The molecule has 3 N–H and O–H groups in total. The molecule has 114 valence electrons. The van der Waals surface area contributed by atoms with E-state index in [0.29, 0.717) is 17.3 Å². The van der Waals surface area contributed by atoms with Gasteiger partial charge >= 0.3 is 0 Å². The van der Waals surface area contributed by atoms with Crippen LogP contribution in [0.2, 0.25) is 5.02 Å². The minimum atomic E-state index is -0.245. The molecule has 0 bridgehead atoms. The summed E-state index contributed by atoms with van der Waals surface area (Å²) >= 11 is 6.00. The fourth-order valence-electron chi connectivity index (χ4n) is 2.46. The third-order valence-electron chi connectivity index (χ3n) is 3.71. The van der Waals surface area contributed by atoms with Crippen LogP contribution >= 0.6 is 11.6 Å². The Morgan fingerprint density at radius 3 is 2.67 bits per heavy atom. The van der Waals surface area contributed by atoms with Crippen LogP contribution in [0.5, 0.6) is 0 Å². The highest BCUT2D eigenvalue weighted by Crippen LogP contribution is 2.22. The van der Waals surface area contributed by atoms with Gasteiger partial charge in [-0.3, -0.25) is 9.59 Å². The molecule has 0 aliphatic carbocycles. The summed E-state index contributed by atoms with van der Waals surface area (Å²) in [6, 6.07) is 5.34. The maximum Gasteiger partial charge on any atom is 0.275 e. The van der Waals surface area contributed by atoms with Crippen LogP contribution in [0, 0.1) is 6.92 Å². The van der Waals surface area contributed by atoms with Crippen molar-refractivity contribution in [1.29, 1.82) is 0 Å². The molecule has 0 spiro atoms. The number of hydrogen-bond acceptors (Lipinski definition) is 2. The SMILES string of the molecule is Cc1c(Cl)cccc1NC(=O)CNC(=O)C[NH+]1CCCC1. The number of quaternary nitrogens is 1. The van der Waals surface area contributed by atoms with Gasteiger partial charge in [0, 0.05) is 23.6 Å². The Morgan fingerprint density at radius 2 is 1.95 bits per heavy atom. The van der Waals surface area contributed by atoms with E-state index in [1.807, 2.05) is 6.92 Å². The summed E-state index contributed by atoms with van der Waals surface area (Å²) in [4.78, 5) is 24.9. The molecule has 0 unspecified atom stereocenters. The number of likely N-dealkylation sites (tertiary alicyclic amines) is 1. The molecule has 1 fully saturated rings. The molecule has 0 radical (unpaired) electrons. The van der Waals surface area contributed by atoms with E-state index >= 15 is 0 Å². The van der Waals surface area contributed by atoms with Crippen LogP contribution in [0.25, 0.3) is 0 Å². The van der Waals surface area contributed by atoms with Crippen LogP contribution in [0.15, 0.2) is 18.2 Å². The Kier molecular flexibility index (Phi) is 5.59. The largest absolute Gasteiger partial charge is 0.342 e. The Morgan fingerprint density at radius 1 is 1.24 bits per heavy atom. The van der Waals surface area contributed by atoms with Crippen molar-refractivity contribution in [3.63, 3.8) is 0 Å². The first-order valence-electron chi connectivity index (χ1n) is 7.21. The van der Waals surface area contributed by atoms with Gasteiger partial charge in [0.05, 0.1) is 19.6 Å². The molecule has 1 aliphatic heterocycles. The average molecular weight is 311 g/mol. The Hall–Kier alpha value is -1.59. The van der Waals surface area contributed by atoms with Gasteiger partial charge in [0.2, 0.25) is 5.91 Å². The second-order valence-corrected chi connectivity index (χ2v) is 5.78. The monoisotopic (exact) mass is 310 g/mol. The highest BCUT2D eigenvalue weighted by molar-refractivity contribution is 6.31. The van der Waals surface area contributed by atoms with E-state index < -0.39 is 0 Å². The fourth-order valence-corrected chi connectivity index (χ4v) is 2.63. The number of anilines is 1. The molecule has 1 heterocycles. The molecule has 2 amide bonds. The summed E-state index contributed by atoms with van der Waals surface area (Å²) in [6.07, 6.45) is 2.36. The molecule has 0 saturated carbocycles. The molecule has 1 aliphatic rings. The predicted molar refractivity (Wildman–Crippen MR) is 82.6 cm³/mol. The molecular weight excluding hydrogens is 290 g/mol. The number of rotatable bonds is 5. The zero-order valence-electron chi connectivity index (χ0n) is 12.2. The molecule has 1 aromatic carbocycles. The lowest BCUT2D eigenvalue weighted by atomic mass is 10.2. The van der Waals surface area contributed by atoms with Crippen LogP contribution in [-0.4, -0.2) is 38.0 Å². The molecule has 2 rings (SSSR count). The third-order valence-corrected chi connectivity index (χ3v) is 4.12. The van der Waals surface area contributed by atoms with E-state index in [9.17, 15) is 9.59 Å². The molecule has 1 saturated heterocycles. The highest BCUT2D eigenvalue weighted by atomic mass is 35.5. The molecule has 21 heavy (non-hydrogen) atoms. The molecular formula is C15H21ClN3O2+. The average Bonchev–Trinajstić information content (AvgIpc) is 2.94. The summed E-state index contributed by atoms with van der Waals surface area (Å²) in [5.41, 5.74) is 1.49. The molecule has 6 heteroatoms. The van der Waals surface area contributed by atoms with Crippen molar-refractivity contribution in [2.75, 3.05) is 31.5 Å². The Bertz CT molecular complexity index is 528. The van der Waals surface area contributed by atoms with E-state index in [0.717, 1.165) is 18.7 Å². The Labute approximate surface area is 129 Å². The second-order valence-electron chi connectivity index (χ2n) is 5.37. The maximum absolute atomic E-state index is 11.8. The number of nitrogens with one attached hydrogen (secondary N) is 3. The van der Waals surface area contributed by atoms with Gasteiger partial charge in [0.1, 0.15) is 0 Å². The number of carbonyl (C=O) groups is 2. The second kappa shape index (κ2) is 7.43. The van der Waals surface area contributed by atoms with Gasteiger partial charge in [-0.05, 0) is 24.6 Å². The van der Waals surface area contributed by atoms with E-state index in [2.05, 4.69) is 10.6 Å². The van der Waals surface area contributed by atoms with Gasteiger partial charge < -0.3 is 15.5 Å². The first-order chi connectivity index (χ1) is 10.1. The molecule has 0 aromatic heterocycles. The normalized spacial score (nSPS) is 15.0. The van der Waals surface area contributed by atoms with Crippen LogP contribution in [0.1, 0.15) is 18.4 Å². The first kappa shape index (κ1) is 15.8. The van der Waals surface area contributed by atoms with Gasteiger partial charge in [-0.2, -0.15) is 0 Å². The van der Waals surface area contributed by atoms with E-state index in [4.69, 9.17) is 11.6 Å². The van der Waals surface area contributed by atoms with Crippen molar-refractivity contribution < 1.29 is 14.5 Å². The lowest BCUT2D eigenvalue weighted by molar-refractivity contribution is -0.879. The Balaban J connectivity index is 1.76. The fraction of sp³-hybridized carbons (Fsp3) is 0.467. The number of hydrogen-bond donors (Lipinski definition) is 3. The van der Waals surface area contributed by atoms with E-state index in [1.165, 1.54) is 17.7 Å². The summed E-state index contributed by atoms with van der Waals surface area (Å²) in [5, 5.41) is 6.02. The van der Waals surface area contributed by atoms with Crippen molar-refractivity contribution in [3.05, 3.63) is 28.8 Å². The van der Waals surface area contributed by atoms with Gasteiger partial charge in [0.15, 0.2) is 6.54 Å². The highest BCUT2D eigenvalue weighted by Gasteiger charge is 2.19.